The van der Waals surface area contributed by atoms with E-state index >= 15 is 0 Å². The zero-order valence-electron chi connectivity index (χ0n) is 16.1. The predicted octanol–water partition coefficient (Wildman–Crippen LogP) is 2.26. The second kappa shape index (κ2) is 6.60. The lowest BCUT2D eigenvalue weighted by Crippen LogP contribution is -2.57. The number of carbonyl (C=O) groups is 1. The molecule has 7 nitrogen and oxygen atoms in total. The molecule has 4 fully saturated rings. The van der Waals surface area contributed by atoms with Crippen LogP contribution in [0.4, 0.5) is 0 Å². The summed E-state index contributed by atoms with van der Waals surface area (Å²) < 4.78 is 37.7. The zero-order valence-corrected chi connectivity index (χ0v) is 16.9. The number of hydrogen-bond donors (Lipinski definition) is 1. The lowest BCUT2D eigenvalue weighted by Gasteiger charge is -2.61. The second-order valence-electron chi connectivity index (χ2n) is 8.66. The maximum Gasteiger partial charge on any atom is 0.355 e. The zero-order chi connectivity index (χ0) is 19.4. The summed E-state index contributed by atoms with van der Waals surface area (Å²) in [7, 11) is -3.62. The minimum Gasteiger partial charge on any atom is -0.457 e. The number of aromatic amines is 1. The van der Waals surface area contributed by atoms with Gasteiger partial charge in [0.1, 0.15) is 16.7 Å². The summed E-state index contributed by atoms with van der Waals surface area (Å²) in [5, 5.41) is 0. The Kier molecular flexibility index (Phi) is 4.63. The molecule has 1 aliphatic heterocycles. The van der Waals surface area contributed by atoms with Gasteiger partial charge in [0.15, 0.2) is 0 Å². The summed E-state index contributed by atoms with van der Waals surface area (Å²) in [5.41, 5.74) is 0.515. The molecule has 0 spiro atoms. The van der Waals surface area contributed by atoms with Crippen molar-refractivity contribution >= 4 is 16.0 Å². The van der Waals surface area contributed by atoms with E-state index in [0.717, 1.165) is 6.42 Å². The van der Waals surface area contributed by atoms with E-state index in [9.17, 15) is 13.2 Å². The van der Waals surface area contributed by atoms with E-state index < -0.39 is 16.0 Å². The van der Waals surface area contributed by atoms with Crippen molar-refractivity contribution in [2.75, 3.05) is 26.3 Å². The number of ether oxygens (including phenoxy) is 2. The SMILES string of the molecule is C[C@H]1[C@H]2C[C@H](C[C@H]1OC(=O)c1cc(S(=O)(=O)N3CCOCC3)c[nH]1)C2(C)C. The maximum atomic E-state index is 12.7. The molecule has 27 heavy (non-hydrogen) atoms. The maximum absolute atomic E-state index is 12.7. The highest BCUT2D eigenvalue weighted by Crippen LogP contribution is 2.61. The van der Waals surface area contributed by atoms with Gasteiger partial charge in [0.25, 0.3) is 0 Å². The van der Waals surface area contributed by atoms with Gasteiger partial charge in [-0.25, -0.2) is 13.2 Å². The van der Waals surface area contributed by atoms with Crippen LogP contribution < -0.4 is 0 Å². The van der Waals surface area contributed by atoms with Crippen molar-refractivity contribution in [3.05, 3.63) is 18.0 Å². The third-order valence-electron chi connectivity index (χ3n) is 7.03. The number of nitrogens with one attached hydrogen (secondary N) is 1. The van der Waals surface area contributed by atoms with Gasteiger partial charge in [-0.05, 0) is 42.1 Å². The van der Waals surface area contributed by atoms with Gasteiger partial charge in [0.05, 0.1) is 13.2 Å². The first-order chi connectivity index (χ1) is 12.7. The number of H-pyrrole nitrogens is 1. The minimum atomic E-state index is -3.62. The van der Waals surface area contributed by atoms with Gasteiger partial charge in [-0.15, -0.1) is 0 Å². The predicted molar refractivity (Wildman–Crippen MR) is 98.7 cm³/mol. The molecular formula is C19H28N2O5S. The van der Waals surface area contributed by atoms with Crippen LogP contribution in [0.3, 0.4) is 0 Å². The van der Waals surface area contributed by atoms with Crippen molar-refractivity contribution in [2.24, 2.45) is 23.2 Å². The van der Waals surface area contributed by atoms with E-state index in [0.29, 0.717) is 49.5 Å². The summed E-state index contributed by atoms with van der Waals surface area (Å²) >= 11 is 0. The Hall–Kier alpha value is -1.38. The largest absolute Gasteiger partial charge is 0.457 e. The highest BCUT2D eigenvalue weighted by Gasteiger charge is 2.57. The third kappa shape index (κ3) is 3.11. The van der Waals surface area contributed by atoms with Crippen molar-refractivity contribution in [3.63, 3.8) is 0 Å². The average molecular weight is 397 g/mol. The number of fused-ring (bicyclic) bond motifs is 2. The summed E-state index contributed by atoms with van der Waals surface area (Å²) in [6, 6.07) is 1.38. The third-order valence-corrected chi connectivity index (χ3v) is 8.90. The summed E-state index contributed by atoms with van der Waals surface area (Å²) in [4.78, 5) is 15.5. The molecule has 5 rings (SSSR count). The lowest BCUT2D eigenvalue weighted by atomic mass is 9.45. The monoisotopic (exact) mass is 396 g/mol. The van der Waals surface area contributed by atoms with E-state index in [1.54, 1.807) is 0 Å². The highest BCUT2D eigenvalue weighted by atomic mass is 32.2. The fraction of sp³-hybridized carbons (Fsp3) is 0.737. The molecule has 0 radical (unpaired) electrons. The number of esters is 1. The molecule has 3 saturated carbocycles. The van der Waals surface area contributed by atoms with Crippen LogP contribution in [0.25, 0.3) is 0 Å². The molecule has 2 heterocycles. The molecule has 3 aliphatic carbocycles. The number of sulfonamides is 1. The smallest absolute Gasteiger partial charge is 0.355 e. The van der Waals surface area contributed by atoms with Crippen LogP contribution in [-0.4, -0.2) is 56.1 Å². The van der Waals surface area contributed by atoms with E-state index in [4.69, 9.17) is 9.47 Å². The van der Waals surface area contributed by atoms with Crippen LogP contribution in [0, 0.1) is 23.2 Å². The molecule has 1 aromatic rings. The first-order valence-electron chi connectivity index (χ1n) is 9.68. The lowest BCUT2D eigenvalue weighted by molar-refractivity contribution is -0.156. The molecule has 1 saturated heterocycles. The van der Waals surface area contributed by atoms with Gasteiger partial charge in [-0.3, -0.25) is 0 Å². The number of hydrogen-bond acceptors (Lipinski definition) is 5. The Morgan fingerprint density at radius 3 is 2.63 bits per heavy atom. The van der Waals surface area contributed by atoms with Crippen molar-refractivity contribution in [2.45, 2.75) is 44.6 Å². The Morgan fingerprint density at radius 2 is 2.00 bits per heavy atom. The van der Waals surface area contributed by atoms with E-state index in [1.165, 1.54) is 23.0 Å². The minimum absolute atomic E-state index is 0.0945. The van der Waals surface area contributed by atoms with Crippen LogP contribution in [0.2, 0.25) is 0 Å². The van der Waals surface area contributed by atoms with E-state index in [1.807, 2.05) is 0 Å². The molecule has 1 aromatic heterocycles. The van der Waals surface area contributed by atoms with Crippen LogP contribution >= 0.6 is 0 Å². The Bertz CT molecular complexity index is 825. The molecule has 0 unspecified atom stereocenters. The molecule has 2 bridgehead atoms. The molecule has 0 aromatic carbocycles. The van der Waals surface area contributed by atoms with Crippen molar-refractivity contribution in [1.82, 2.24) is 9.29 Å². The second-order valence-corrected chi connectivity index (χ2v) is 10.6. The molecule has 8 heteroatoms. The Balaban J connectivity index is 1.44. The van der Waals surface area contributed by atoms with Crippen LogP contribution in [0.1, 0.15) is 44.1 Å². The summed E-state index contributed by atoms with van der Waals surface area (Å²) in [6.07, 6.45) is 3.37. The number of morpholine rings is 1. The van der Waals surface area contributed by atoms with Crippen LogP contribution in [0.15, 0.2) is 17.2 Å². The Labute approximate surface area is 160 Å². The normalized spacial score (nSPS) is 33.3. The quantitative estimate of drug-likeness (QED) is 0.789. The average Bonchev–Trinajstić information content (AvgIpc) is 3.14. The van der Waals surface area contributed by atoms with E-state index in [2.05, 4.69) is 25.8 Å². The molecule has 0 amide bonds. The first-order valence-corrected chi connectivity index (χ1v) is 11.1. The summed E-state index contributed by atoms with van der Waals surface area (Å²) in [6.45, 7) is 8.18. The number of nitrogens with zero attached hydrogens (tertiary/aromatic N) is 1. The van der Waals surface area contributed by atoms with Gasteiger partial charge in [0, 0.05) is 19.3 Å². The fourth-order valence-corrected chi connectivity index (χ4v) is 6.44. The number of rotatable bonds is 4. The first kappa shape index (κ1) is 19.0. The van der Waals surface area contributed by atoms with Crippen molar-refractivity contribution in [1.29, 1.82) is 0 Å². The van der Waals surface area contributed by atoms with Gasteiger partial charge < -0.3 is 14.5 Å². The van der Waals surface area contributed by atoms with Crippen LogP contribution in [-0.2, 0) is 19.5 Å². The summed E-state index contributed by atoms with van der Waals surface area (Å²) in [5.74, 6) is 1.02. The molecule has 150 valence electrons. The van der Waals surface area contributed by atoms with Gasteiger partial charge in [-0.2, -0.15) is 4.31 Å². The molecular weight excluding hydrogens is 368 g/mol. The molecule has 1 N–H and O–H groups in total. The van der Waals surface area contributed by atoms with Gasteiger partial charge in [0.2, 0.25) is 10.0 Å². The van der Waals surface area contributed by atoms with Crippen LogP contribution in [0.5, 0.6) is 0 Å². The number of carbonyl (C=O) groups excluding carboxylic acids is 1. The highest BCUT2D eigenvalue weighted by molar-refractivity contribution is 7.89. The van der Waals surface area contributed by atoms with Crippen molar-refractivity contribution < 1.29 is 22.7 Å². The van der Waals surface area contributed by atoms with Gasteiger partial charge >= 0.3 is 5.97 Å². The van der Waals surface area contributed by atoms with Gasteiger partial charge in [-0.1, -0.05) is 20.8 Å². The number of aromatic nitrogens is 1. The fourth-order valence-electron chi connectivity index (χ4n) is 5.04. The molecule has 4 aliphatic rings. The standard InChI is InChI=1S/C19H28N2O5S/c1-12-15-8-13(19(15,2)3)9-17(12)26-18(22)16-10-14(11-20-16)27(23,24)21-4-6-25-7-5-21/h10-13,15,17,20H,4-9H2,1-3H3/t12-,13+,15+,17+/m0/s1. The Morgan fingerprint density at radius 1 is 1.30 bits per heavy atom. The van der Waals surface area contributed by atoms with Crippen molar-refractivity contribution in [3.8, 4) is 0 Å². The molecule has 4 atom stereocenters. The van der Waals surface area contributed by atoms with E-state index in [-0.39, 0.29) is 16.7 Å². The topological polar surface area (TPSA) is 88.7 Å².